The monoisotopic (exact) mass is 237 g/mol. The third-order valence-electron chi connectivity index (χ3n) is 2.58. The van der Waals surface area contributed by atoms with Crippen LogP contribution in [0.5, 0.6) is 5.75 Å². The fourth-order valence-electron chi connectivity index (χ4n) is 1.72. The number of benzene rings is 1. The zero-order chi connectivity index (χ0) is 11.5. The molecule has 1 aromatic rings. The van der Waals surface area contributed by atoms with Crippen LogP contribution < -0.4 is 10.5 Å². The minimum atomic E-state index is 0.120. The Hall–Kier alpha value is -1.13. The fraction of sp³-hybridized carbons (Fsp3) is 0.417. The van der Waals surface area contributed by atoms with E-state index >= 15 is 0 Å². The lowest BCUT2D eigenvalue weighted by Gasteiger charge is -2.15. The molecule has 0 amide bonds. The maximum absolute atomic E-state index is 5.86. The largest absolute Gasteiger partial charge is 0.487 e. The van der Waals surface area contributed by atoms with Crippen molar-refractivity contribution >= 4 is 17.2 Å². The van der Waals surface area contributed by atoms with Crippen molar-refractivity contribution in [2.24, 2.45) is 5.73 Å². The molecule has 1 aromatic carbocycles. The van der Waals surface area contributed by atoms with E-state index in [1.54, 1.807) is 0 Å². The Kier molecular flexibility index (Phi) is 3.41. The molecule has 1 heterocycles. The van der Waals surface area contributed by atoms with Crippen molar-refractivity contribution in [2.45, 2.75) is 19.4 Å². The normalized spacial score (nSPS) is 19.7. The molecule has 0 radical (unpaired) electrons. The SMILES string of the molecule is Cc1ccc(C(N)=S)c(OC2CCOC2)c1. The van der Waals surface area contributed by atoms with Gasteiger partial charge in [0, 0.05) is 6.42 Å². The highest BCUT2D eigenvalue weighted by atomic mass is 32.1. The molecule has 1 saturated heterocycles. The van der Waals surface area contributed by atoms with E-state index in [-0.39, 0.29) is 6.10 Å². The summed E-state index contributed by atoms with van der Waals surface area (Å²) in [5.41, 5.74) is 7.59. The van der Waals surface area contributed by atoms with E-state index in [2.05, 4.69) is 0 Å². The van der Waals surface area contributed by atoms with Crippen LogP contribution in [0.25, 0.3) is 0 Å². The summed E-state index contributed by atoms with van der Waals surface area (Å²) in [4.78, 5) is 0.369. The number of ether oxygens (including phenoxy) is 2. The maximum Gasteiger partial charge on any atom is 0.130 e. The Balaban J connectivity index is 2.22. The minimum absolute atomic E-state index is 0.120. The molecule has 1 fully saturated rings. The molecule has 0 aliphatic carbocycles. The summed E-state index contributed by atoms with van der Waals surface area (Å²) in [7, 11) is 0. The Morgan fingerprint density at radius 3 is 3.00 bits per heavy atom. The Morgan fingerprint density at radius 1 is 1.56 bits per heavy atom. The summed E-state index contributed by atoms with van der Waals surface area (Å²) in [6, 6.07) is 5.85. The first-order valence-corrected chi connectivity index (χ1v) is 5.72. The highest BCUT2D eigenvalue weighted by molar-refractivity contribution is 7.80. The molecular weight excluding hydrogens is 222 g/mol. The zero-order valence-electron chi connectivity index (χ0n) is 9.23. The van der Waals surface area contributed by atoms with Gasteiger partial charge < -0.3 is 15.2 Å². The average molecular weight is 237 g/mol. The average Bonchev–Trinajstić information content (AvgIpc) is 2.70. The Labute approximate surface area is 101 Å². The number of hydrogen-bond acceptors (Lipinski definition) is 3. The third-order valence-corrected chi connectivity index (χ3v) is 2.80. The Bertz CT molecular complexity index is 400. The predicted octanol–water partition coefficient (Wildman–Crippen LogP) is 1.80. The number of rotatable bonds is 3. The number of hydrogen-bond donors (Lipinski definition) is 1. The highest BCUT2D eigenvalue weighted by Gasteiger charge is 2.19. The lowest BCUT2D eigenvalue weighted by molar-refractivity contribution is 0.141. The minimum Gasteiger partial charge on any atom is -0.487 e. The van der Waals surface area contributed by atoms with Crippen LogP contribution in [0.3, 0.4) is 0 Å². The standard InChI is InChI=1S/C12H15NO2S/c1-8-2-3-10(12(13)16)11(6-8)15-9-4-5-14-7-9/h2-3,6,9H,4-5,7H2,1H3,(H2,13,16). The van der Waals surface area contributed by atoms with Crippen LogP contribution in [0.2, 0.25) is 0 Å². The van der Waals surface area contributed by atoms with Crippen molar-refractivity contribution in [2.75, 3.05) is 13.2 Å². The number of aryl methyl sites for hydroxylation is 1. The van der Waals surface area contributed by atoms with E-state index < -0.39 is 0 Å². The van der Waals surface area contributed by atoms with Crippen molar-refractivity contribution in [3.05, 3.63) is 29.3 Å². The maximum atomic E-state index is 5.86. The van der Waals surface area contributed by atoms with Crippen LogP contribution in [0, 0.1) is 6.92 Å². The van der Waals surface area contributed by atoms with Gasteiger partial charge >= 0.3 is 0 Å². The molecule has 16 heavy (non-hydrogen) atoms. The van der Waals surface area contributed by atoms with Crippen LogP contribution in [-0.2, 0) is 4.74 Å². The summed E-state index contributed by atoms with van der Waals surface area (Å²) in [5, 5.41) is 0. The second-order valence-corrected chi connectivity index (χ2v) is 4.41. The van der Waals surface area contributed by atoms with Gasteiger partial charge in [-0.25, -0.2) is 0 Å². The molecule has 2 rings (SSSR count). The molecule has 0 saturated carbocycles. The number of thiocarbonyl (C=S) groups is 1. The van der Waals surface area contributed by atoms with E-state index in [9.17, 15) is 0 Å². The molecule has 0 spiro atoms. The fourth-order valence-corrected chi connectivity index (χ4v) is 1.88. The molecule has 3 nitrogen and oxygen atoms in total. The highest BCUT2D eigenvalue weighted by Crippen LogP contribution is 2.23. The smallest absolute Gasteiger partial charge is 0.130 e. The van der Waals surface area contributed by atoms with E-state index in [1.165, 1.54) is 0 Å². The van der Waals surface area contributed by atoms with Gasteiger partial charge in [-0.3, -0.25) is 0 Å². The van der Waals surface area contributed by atoms with Crippen molar-refractivity contribution in [3.8, 4) is 5.75 Å². The molecule has 86 valence electrons. The first-order valence-electron chi connectivity index (χ1n) is 5.31. The molecular formula is C12H15NO2S. The Morgan fingerprint density at radius 2 is 2.38 bits per heavy atom. The van der Waals surface area contributed by atoms with Crippen molar-refractivity contribution in [1.29, 1.82) is 0 Å². The zero-order valence-corrected chi connectivity index (χ0v) is 10.0. The summed E-state index contributed by atoms with van der Waals surface area (Å²) in [6.45, 7) is 3.42. The lowest BCUT2D eigenvalue weighted by atomic mass is 10.1. The van der Waals surface area contributed by atoms with Gasteiger partial charge in [-0.05, 0) is 24.6 Å². The molecule has 1 aliphatic heterocycles. The van der Waals surface area contributed by atoms with Gasteiger partial charge in [0.15, 0.2) is 0 Å². The van der Waals surface area contributed by atoms with E-state index in [1.807, 2.05) is 25.1 Å². The van der Waals surface area contributed by atoms with E-state index in [4.69, 9.17) is 27.4 Å². The second-order valence-electron chi connectivity index (χ2n) is 3.97. The lowest BCUT2D eigenvalue weighted by Crippen LogP contribution is -2.19. The predicted molar refractivity (Wildman–Crippen MR) is 66.9 cm³/mol. The van der Waals surface area contributed by atoms with E-state index in [0.717, 1.165) is 29.9 Å². The summed E-state index contributed by atoms with van der Waals surface area (Å²) < 4.78 is 11.1. The summed E-state index contributed by atoms with van der Waals surface area (Å²) in [5.74, 6) is 0.767. The summed E-state index contributed by atoms with van der Waals surface area (Å²) >= 11 is 5.00. The molecule has 1 aliphatic rings. The summed E-state index contributed by atoms with van der Waals surface area (Å²) in [6.07, 6.45) is 1.04. The first-order chi connectivity index (χ1) is 7.66. The van der Waals surface area contributed by atoms with Gasteiger partial charge in [-0.15, -0.1) is 0 Å². The van der Waals surface area contributed by atoms with E-state index in [0.29, 0.717) is 11.6 Å². The third kappa shape index (κ3) is 2.51. The molecule has 4 heteroatoms. The van der Waals surface area contributed by atoms with Crippen LogP contribution in [0.15, 0.2) is 18.2 Å². The van der Waals surface area contributed by atoms with Gasteiger partial charge in [0.2, 0.25) is 0 Å². The van der Waals surface area contributed by atoms with Crippen LogP contribution in [-0.4, -0.2) is 24.3 Å². The van der Waals surface area contributed by atoms with Crippen LogP contribution >= 0.6 is 12.2 Å². The quantitative estimate of drug-likeness (QED) is 0.814. The second kappa shape index (κ2) is 4.80. The molecule has 2 N–H and O–H groups in total. The van der Waals surface area contributed by atoms with Gasteiger partial charge in [0.1, 0.15) is 16.8 Å². The van der Waals surface area contributed by atoms with Crippen LogP contribution in [0.1, 0.15) is 17.5 Å². The first kappa shape index (κ1) is 11.4. The van der Waals surface area contributed by atoms with Gasteiger partial charge in [-0.2, -0.15) is 0 Å². The molecule has 0 bridgehead atoms. The van der Waals surface area contributed by atoms with Crippen molar-refractivity contribution in [1.82, 2.24) is 0 Å². The van der Waals surface area contributed by atoms with Gasteiger partial charge in [-0.1, -0.05) is 18.3 Å². The van der Waals surface area contributed by atoms with Crippen LogP contribution in [0.4, 0.5) is 0 Å². The van der Waals surface area contributed by atoms with Crippen molar-refractivity contribution < 1.29 is 9.47 Å². The van der Waals surface area contributed by atoms with Gasteiger partial charge in [0.25, 0.3) is 0 Å². The molecule has 1 unspecified atom stereocenters. The topological polar surface area (TPSA) is 44.5 Å². The van der Waals surface area contributed by atoms with Crippen molar-refractivity contribution in [3.63, 3.8) is 0 Å². The van der Waals surface area contributed by atoms with Gasteiger partial charge in [0.05, 0.1) is 18.8 Å². The number of nitrogens with two attached hydrogens (primary N) is 1. The molecule has 1 atom stereocenters. The molecule has 0 aromatic heterocycles.